The Balaban J connectivity index is 0.000000214. The van der Waals surface area contributed by atoms with Crippen molar-refractivity contribution in [3.8, 4) is 11.5 Å². The second-order valence-electron chi connectivity index (χ2n) is 19.5. The van der Waals surface area contributed by atoms with Crippen LogP contribution in [0, 0.1) is 0 Å². The summed E-state index contributed by atoms with van der Waals surface area (Å²) in [7, 11) is 1.71. The van der Waals surface area contributed by atoms with E-state index in [9.17, 15) is 45.5 Å². The van der Waals surface area contributed by atoms with Crippen LogP contribution in [0.15, 0.2) is 72.8 Å². The van der Waals surface area contributed by atoms with Gasteiger partial charge in [-0.15, -0.1) is 0 Å². The predicted molar refractivity (Wildman–Crippen MR) is 263 cm³/mol. The summed E-state index contributed by atoms with van der Waals surface area (Å²) < 4.78 is 94.7. The number of hydrogen-bond donors (Lipinski definition) is 3. The minimum Gasteiger partial charge on any atom is -0.489 e. The Labute approximate surface area is 421 Å². The van der Waals surface area contributed by atoms with E-state index in [-0.39, 0.29) is 75.9 Å². The van der Waals surface area contributed by atoms with Crippen molar-refractivity contribution in [3.63, 3.8) is 0 Å². The molecule has 2 amide bonds. The molecule has 0 aromatic heterocycles. The van der Waals surface area contributed by atoms with E-state index in [4.69, 9.17) is 19.7 Å². The lowest BCUT2D eigenvalue weighted by Gasteiger charge is -2.25. The maximum absolute atomic E-state index is 13.9. The first-order chi connectivity index (χ1) is 34.8. The largest absolute Gasteiger partial charge is 0.489 e. The van der Waals surface area contributed by atoms with Crippen LogP contribution in [-0.4, -0.2) is 85.2 Å². The number of amides is 2. The van der Waals surface area contributed by atoms with E-state index in [0.717, 1.165) is 86.7 Å². The van der Waals surface area contributed by atoms with Crippen molar-refractivity contribution in [2.75, 3.05) is 56.1 Å². The number of carboxylic acids is 2. The van der Waals surface area contributed by atoms with Crippen LogP contribution < -0.4 is 24.6 Å². The first-order valence-corrected chi connectivity index (χ1v) is 25.2. The van der Waals surface area contributed by atoms with Crippen LogP contribution in [0.5, 0.6) is 11.5 Å². The Kier molecular flexibility index (Phi) is 18.5. The molecule has 8 rings (SSSR count). The van der Waals surface area contributed by atoms with Gasteiger partial charge in [0.25, 0.3) is 0 Å². The second kappa shape index (κ2) is 24.7. The number of alkyl halides is 6. The van der Waals surface area contributed by atoms with Crippen molar-refractivity contribution < 1.29 is 65.2 Å². The van der Waals surface area contributed by atoms with Crippen LogP contribution in [0.25, 0.3) is 0 Å². The van der Waals surface area contributed by atoms with E-state index in [2.05, 4.69) is 5.32 Å². The van der Waals surface area contributed by atoms with E-state index in [1.807, 2.05) is 12.1 Å². The smallest absolute Gasteiger partial charge is 0.416 e. The molecule has 2 fully saturated rings. The van der Waals surface area contributed by atoms with E-state index < -0.39 is 35.4 Å². The second-order valence-corrected chi connectivity index (χ2v) is 19.5. The van der Waals surface area contributed by atoms with Gasteiger partial charge in [-0.3, -0.25) is 24.1 Å². The Morgan fingerprint density at radius 2 is 1.07 bits per heavy atom. The summed E-state index contributed by atoms with van der Waals surface area (Å²) in [5.41, 5.74) is 4.01. The maximum atomic E-state index is 13.9. The number of ether oxygens (including phenoxy) is 2. The Bertz CT molecular complexity index is 2580. The molecule has 18 heteroatoms. The lowest BCUT2D eigenvalue weighted by atomic mass is 9.81. The summed E-state index contributed by atoms with van der Waals surface area (Å²) in [6.45, 7) is 1.72. The SMILES string of the molecule is CN(CCC(=O)O)CC(=O)N1CCc2cc(OCc3ccc(C4CCCCC4)c(C(F)(F)F)c3)ccc21.O=C(O)CCNCC(=O)N1CCc2cc(OCc3ccc(C4CCCCC4)c(C(F)(F)F)c3)ccc21. The van der Waals surface area contributed by atoms with Crippen molar-refractivity contribution >= 4 is 35.1 Å². The van der Waals surface area contributed by atoms with E-state index in [1.165, 1.54) is 12.1 Å². The molecule has 0 bridgehead atoms. The molecule has 0 saturated heterocycles. The minimum atomic E-state index is -4.41. The summed E-state index contributed by atoms with van der Waals surface area (Å²) in [6.07, 6.45) is 1.61. The third kappa shape index (κ3) is 15.0. The fourth-order valence-corrected chi connectivity index (χ4v) is 10.4. The van der Waals surface area contributed by atoms with Crippen molar-refractivity contribution in [2.45, 2.75) is 127 Å². The van der Waals surface area contributed by atoms with E-state index in [1.54, 1.807) is 70.3 Å². The van der Waals surface area contributed by atoms with Gasteiger partial charge in [-0.2, -0.15) is 26.3 Å². The third-order valence-electron chi connectivity index (χ3n) is 14.1. The molecule has 2 heterocycles. The molecule has 2 aliphatic heterocycles. The molecule has 2 aliphatic carbocycles. The van der Waals surface area contributed by atoms with Gasteiger partial charge in [-0.1, -0.05) is 62.8 Å². The maximum Gasteiger partial charge on any atom is 0.416 e. The number of benzene rings is 4. The number of carbonyl (C=O) groups is 4. The summed E-state index contributed by atoms with van der Waals surface area (Å²) >= 11 is 0. The van der Waals surface area contributed by atoms with Crippen molar-refractivity contribution in [1.29, 1.82) is 0 Å². The molecule has 12 nitrogen and oxygen atoms in total. The molecule has 0 unspecified atom stereocenters. The normalized spacial score (nSPS) is 16.2. The topological polar surface area (TPSA) is 149 Å². The van der Waals surface area contributed by atoms with Crippen molar-refractivity contribution in [3.05, 3.63) is 117 Å². The lowest BCUT2D eigenvalue weighted by molar-refractivity contribution is -0.139. The number of fused-ring (bicyclic) bond motifs is 2. The highest BCUT2D eigenvalue weighted by molar-refractivity contribution is 5.97. The van der Waals surface area contributed by atoms with Crippen LogP contribution in [0.4, 0.5) is 37.7 Å². The van der Waals surface area contributed by atoms with Gasteiger partial charge in [0.2, 0.25) is 11.8 Å². The predicted octanol–water partition coefficient (Wildman–Crippen LogP) is 10.9. The quantitative estimate of drug-likeness (QED) is 0.0650. The summed E-state index contributed by atoms with van der Waals surface area (Å²) in [5, 5.41) is 20.3. The number of nitrogens with one attached hydrogen (secondary N) is 1. The number of carbonyl (C=O) groups excluding carboxylic acids is 2. The number of aliphatic carboxylic acids is 2. The molecule has 4 aliphatic rings. The molecular weight excluding hydrogens is 959 g/mol. The zero-order valence-electron chi connectivity index (χ0n) is 41.1. The van der Waals surface area contributed by atoms with Gasteiger partial charge >= 0.3 is 24.3 Å². The van der Waals surface area contributed by atoms with Gasteiger partial charge < -0.3 is 34.8 Å². The number of likely N-dealkylation sites (N-methyl/N-ethyl adjacent to an activating group) is 1. The molecule has 4 aromatic carbocycles. The van der Waals surface area contributed by atoms with Gasteiger partial charge in [0, 0.05) is 37.6 Å². The number of rotatable bonds is 18. The monoisotopic (exact) mass is 1020 g/mol. The molecule has 4 aromatic rings. The third-order valence-corrected chi connectivity index (χ3v) is 14.1. The Hall–Kier alpha value is -6.14. The molecule has 2 saturated carbocycles. The van der Waals surface area contributed by atoms with Gasteiger partial charge in [-0.05, 0) is 139 Å². The molecule has 0 spiro atoms. The van der Waals surface area contributed by atoms with Gasteiger partial charge in [0.1, 0.15) is 24.7 Å². The first-order valence-electron chi connectivity index (χ1n) is 25.2. The van der Waals surface area contributed by atoms with E-state index >= 15 is 0 Å². The number of hydrogen-bond acceptors (Lipinski definition) is 8. The van der Waals surface area contributed by atoms with Gasteiger partial charge in [0.15, 0.2) is 0 Å². The average Bonchev–Trinajstić information content (AvgIpc) is 4.00. The zero-order chi connectivity index (χ0) is 52.3. The molecule has 0 atom stereocenters. The zero-order valence-corrected chi connectivity index (χ0v) is 41.1. The molecule has 73 heavy (non-hydrogen) atoms. The van der Waals surface area contributed by atoms with Gasteiger partial charge in [-0.25, -0.2) is 0 Å². The van der Waals surface area contributed by atoms with Crippen molar-refractivity contribution in [2.24, 2.45) is 0 Å². The van der Waals surface area contributed by atoms with Crippen molar-refractivity contribution in [1.82, 2.24) is 10.2 Å². The average molecular weight is 1020 g/mol. The molecular formula is C55H64F6N4O8. The highest BCUT2D eigenvalue weighted by Gasteiger charge is 2.37. The molecule has 3 N–H and O–H groups in total. The van der Waals surface area contributed by atoms with Gasteiger partial charge in [0.05, 0.1) is 37.1 Å². The van der Waals surface area contributed by atoms with Crippen LogP contribution in [0.2, 0.25) is 0 Å². The highest BCUT2D eigenvalue weighted by atomic mass is 19.4. The number of halogens is 6. The van der Waals surface area contributed by atoms with Crippen LogP contribution in [-0.2, 0) is 57.6 Å². The standard InChI is InChI=1S/C28H33F3N2O4.C27H31F3N2O4/c1-32(13-12-27(35)36)17-26(34)33-14-11-21-16-22(8-10-25(21)33)37-18-19-7-9-23(20-5-3-2-4-6-20)24(15-19)28(29,30)31;28-27(29,30)23-14-18(6-8-22(23)19-4-2-1-3-5-19)17-36-21-7-9-24-20(15-21)11-13-32(24)25(33)16-31-12-10-26(34)35/h7-10,15-16,20H,2-6,11-14,17-18H2,1H3,(H,35,36);6-9,14-15,19,31H,1-5,10-13,16-17H2,(H,34,35). The highest BCUT2D eigenvalue weighted by Crippen LogP contribution is 2.43. The minimum absolute atomic E-state index is 0.0168. The summed E-state index contributed by atoms with van der Waals surface area (Å²) in [4.78, 5) is 51.6. The number of nitrogens with zero attached hydrogens (tertiary/aromatic N) is 3. The lowest BCUT2D eigenvalue weighted by Crippen LogP contribution is -2.38. The van der Waals surface area contributed by atoms with E-state index in [0.29, 0.717) is 59.7 Å². The first kappa shape index (κ1) is 54.6. The summed E-state index contributed by atoms with van der Waals surface area (Å²) in [6, 6.07) is 19.8. The number of carboxylic acid groups (broad SMARTS) is 2. The fourth-order valence-electron chi connectivity index (χ4n) is 10.4. The fraction of sp³-hybridized carbons (Fsp3) is 0.491. The number of anilines is 2. The molecule has 394 valence electrons. The van der Waals surface area contributed by atoms with Crippen LogP contribution in [0.1, 0.15) is 133 Å². The Morgan fingerprint density at radius 3 is 1.51 bits per heavy atom. The Morgan fingerprint density at radius 1 is 0.616 bits per heavy atom. The van der Waals surface area contributed by atoms with Crippen LogP contribution in [0.3, 0.4) is 0 Å². The summed E-state index contributed by atoms with van der Waals surface area (Å²) in [5.74, 6) is -1.11. The molecule has 0 radical (unpaired) electrons. The van der Waals surface area contributed by atoms with Crippen LogP contribution >= 0.6 is 0 Å².